The molecule has 7 heteroatoms. The van der Waals surface area contributed by atoms with Crippen LogP contribution in [-0.4, -0.2) is 33.1 Å². The first-order valence-corrected chi connectivity index (χ1v) is 21.0. The van der Waals surface area contributed by atoms with E-state index in [1.807, 2.05) is 73.3 Å². The van der Waals surface area contributed by atoms with Gasteiger partial charge in [-0.25, -0.2) is 0 Å². The molecule has 0 bridgehead atoms. The summed E-state index contributed by atoms with van der Waals surface area (Å²) in [5.41, 5.74) is 9.60. The lowest BCUT2D eigenvalue weighted by Crippen LogP contribution is -2.16. The Kier molecular flexibility index (Phi) is 15.8. The lowest BCUT2D eigenvalue weighted by atomic mass is 9.99. The molecule has 0 saturated carbocycles. The second-order valence-electron chi connectivity index (χ2n) is 14.7. The number of hydrogen-bond donors (Lipinski definition) is 0. The summed E-state index contributed by atoms with van der Waals surface area (Å²) < 4.78 is 18.8. The van der Waals surface area contributed by atoms with Crippen LogP contribution in [0.2, 0.25) is 0 Å². The fourth-order valence-electron chi connectivity index (χ4n) is 6.78. The minimum Gasteiger partial charge on any atom is -0.494 e. The third-order valence-electron chi connectivity index (χ3n) is 10.1. The Morgan fingerprint density at radius 3 is 1.16 bits per heavy atom. The van der Waals surface area contributed by atoms with E-state index in [9.17, 15) is 0 Å². The Morgan fingerprint density at radius 1 is 0.421 bits per heavy atom. The lowest BCUT2D eigenvalue weighted by Gasteiger charge is -2.25. The first kappa shape index (κ1) is 41.2. The number of unbranched alkanes of at least 4 members (excludes halogenated alkanes) is 4. The van der Waals surface area contributed by atoms with E-state index in [1.54, 1.807) is 0 Å². The van der Waals surface area contributed by atoms with Crippen LogP contribution in [0.3, 0.4) is 0 Å². The van der Waals surface area contributed by atoms with Gasteiger partial charge in [-0.05, 0) is 109 Å². The fraction of sp³-hybridized carbons (Fsp3) is 0.360. The van der Waals surface area contributed by atoms with Crippen molar-refractivity contribution in [2.75, 3.05) is 13.2 Å². The molecule has 0 radical (unpaired) electrons. The summed E-state index contributed by atoms with van der Waals surface area (Å²) in [6.07, 6.45) is 17.5. The Morgan fingerprint density at radius 2 is 0.825 bits per heavy atom. The summed E-state index contributed by atoms with van der Waals surface area (Å²) in [5.74, 6) is 1.70. The molecule has 0 aliphatic rings. The highest BCUT2D eigenvalue weighted by molar-refractivity contribution is 5.60. The second kappa shape index (κ2) is 21.8. The average molecular weight is 763 g/mol. The highest BCUT2D eigenvalue weighted by Crippen LogP contribution is 2.36. The second-order valence-corrected chi connectivity index (χ2v) is 14.7. The number of aromatic nitrogens is 4. The van der Waals surface area contributed by atoms with Gasteiger partial charge < -0.3 is 14.2 Å². The van der Waals surface area contributed by atoms with E-state index in [0.717, 1.165) is 82.2 Å². The Balaban J connectivity index is 1.33. The number of benzene rings is 4. The lowest BCUT2D eigenvalue weighted by molar-refractivity contribution is 0.0258. The van der Waals surface area contributed by atoms with E-state index < -0.39 is 12.2 Å². The van der Waals surface area contributed by atoms with Gasteiger partial charge in [0.2, 0.25) is 0 Å². The van der Waals surface area contributed by atoms with E-state index in [-0.39, 0.29) is 0 Å². The van der Waals surface area contributed by atoms with Crippen LogP contribution >= 0.6 is 0 Å². The van der Waals surface area contributed by atoms with E-state index in [2.05, 4.69) is 76.2 Å². The first-order valence-electron chi connectivity index (χ1n) is 21.0. The summed E-state index contributed by atoms with van der Waals surface area (Å²) in [5, 5.41) is 0. The van der Waals surface area contributed by atoms with Crippen LogP contribution in [0.4, 0.5) is 0 Å². The minimum absolute atomic E-state index is 0.521. The van der Waals surface area contributed by atoms with Crippen molar-refractivity contribution in [3.63, 3.8) is 0 Å². The van der Waals surface area contributed by atoms with Gasteiger partial charge in [-0.1, -0.05) is 102 Å². The molecule has 57 heavy (non-hydrogen) atoms. The molecular formula is C50H58N4O3. The number of hydrogen-bond acceptors (Lipinski definition) is 7. The molecule has 4 aromatic carbocycles. The average Bonchev–Trinajstić information content (AvgIpc) is 3.27. The van der Waals surface area contributed by atoms with Crippen LogP contribution < -0.4 is 9.47 Å². The zero-order valence-electron chi connectivity index (χ0n) is 34.2. The molecule has 0 fully saturated rings. The monoisotopic (exact) mass is 762 g/mol. The van der Waals surface area contributed by atoms with Crippen molar-refractivity contribution in [3.05, 3.63) is 155 Å². The van der Waals surface area contributed by atoms with Crippen molar-refractivity contribution >= 4 is 0 Å². The first-order chi connectivity index (χ1) is 28.1. The Labute approximate surface area is 340 Å². The molecule has 2 unspecified atom stereocenters. The van der Waals surface area contributed by atoms with E-state index in [1.165, 1.54) is 49.7 Å². The summed E-state index contributed by atoms with van der Waals surface area (Å²) in [4.78, 5) is 19.8. The van der Waals surface area contributed by atoms with Gasteiger partial charge in [0.1, 0.15) is 23.7 Å². The molecule has 0 amide bonds. The van der Waals surface area contributed by atoms with Crippen LogP contribution in [0.15, 0.2) is 122 Å². The van der Waals surface area contributed by atoms with Gasteiger partial charge in [0.25, 0.3) is 0 Å². The molecule has 0 aliphatic heterocycles. The van der Waals surface area contributed by atoms with Crippen LogP contribution in [0.25, 0.3) is 22.5 Å². The summed E-state index contributed by atoms with van der Waals surface area (Å²) >= 11 is 0. The molecule has 2 aromatic heterocycles. The predicted octanol–water partition coefficient (Wildman–Crippen LogP) is 12.5. The highest BCUT2D eigenvalue weighted by Gasteiger charge is 2.26. The van der Waals surface area contributed by atoms with Crippen molar-refractivity contribution in [2.45, 2.75) is 104 Å². The molecule has 7 nitrogen and oxygen atoms in total. The number of ether oxygens (including phenoxy) is 3. The third kappa shape index (κ3) is 11.8. The molecule has 6 aromatic rings. The molecule has 296 valence electrons. The molecule has 0 aliphatic carbocycles. The maximum Gasteiger partial charge on any atom is 0.127 e. The number of nitrogens with zero attached hydrogens (tertiary/aromatic N) is 4. The van der Waals surface area contributed by atoms with Crippen molar-refractivity contribution < 1.29 is 14.2 Å². The fourth-order valence-corrected chi connectivity index (χ4v) is 6.78. The van der Waals surface area contributed by atoms with Crippen LogP contribution in [0, 0.1) is 0 Å². The zero-order chi connectivity index (χ0) is 39.7. The Hall–Kier alpha value is -5.40. The van der Waals surface area contributed by atoms with Gasteiger partial charge >= 0.3 is 0 Å². The smallest absolute Gasteiger partial charge is 0.127 e. The summed E-state index contributed by atoms with van der Waals surface area (Å²) in [6.45, 7) is 10.1. The minimum atomic E-state index is -0.521. The van der Waals surface area contributed by atoms with Crippen LogP contribution in [0.1, 0.15) is 125 Å². The van der Waals surface area contributed by atoms with E-state index in [4.69, 9.17) is 34.1 Å². The number of rotatable bonds is 22. The largest absolute Gasteiger partial charge is 0.494 e. The summed E-state index contributed by atoms with van der Waals surface area (Å²) in [6, 6.07) is 33.6. The van der Waals surface area contributed by atoms with E-state index in [0.29, 0.717) is 13.2 Å². The van der Waals surface area contributed by atoms with Crippen molar-refractivity contribution in [1.29, 1.82) is 0 Å². The molecule has 6 rings (SSSR count). The van der Waals surface area contributed by atoms with Gasteiger partial charge in [-0.3, -0.25) is 19.9 Å². The van der Waals surface area contributed by atoms with Gasteiger partial charge in [-0.15, -0.1) is 0 Å². The number of aryl methyl sites for hydroxylation is 2. The van der Waals surface area contributed by atoms with Gasteiger partial charge in [0.05, 0.1) is 60.8 Å². The molecule has 0 spiro atoms. The van der Waals surface area contributed by atoms with Crippen LogP contribution in [0.5, 0.6) is 11.5 Å². The maximum atomic E-state index is 7.23. The van der Waals surface area contributed by atoms with Gasteiger partial charge in [0.15, 0.2) is 0 Å². The van der Waals surface area contributed by atoms with Crippen molar-refractivity contribution in [2.24, 2.45) is 0 Å². The predicted molar refractivity (Wildman–Crippen MR) is 231 cm³/mol. The Bertz CT molecular complexity index is 1880. The van der Waals surface area contributed by atoms with Crippen LogP contribution in [-0.2, 0) is 17.6 Å². The van der Waals surface area contributed by atoms with Gasteiger partial charge in [0, 0.05) is 11.1 Å². The highest BCUT2D eigenvalue weighted by atomic mass is 16.5. The van der Waals surface area contributed by atoms with Gasteiger partial charge in [-0.2, -0.15) is 0 Å². The molecule has 0 saturated heterocycles. The third-order valence-corrected chi connectivity index (χ3v) is 10.1. The van der Waals surface area contributed by atoms with E-state index >= 15 is 0 Å². The SMILES string of the molecule is CCCCCc1ccc(C(OC(c2ccc(CCCCC)cc2)c2cnc(-c3ccc(OCCC)cc3)cn2)c2cnc(-c3ccc(OCCC)cc3)cn2)cc1. The topological polar surface area (TPSA) is 79.2 Å². The molecule has 2 atom stereocenters. The zero-order valence-corrected chi connectivity index (χ0v) is 34.2. The standard InChI is InChI=1S/C50H58N4O3/c1-5-9-11-13-37-15-19-41(20-16-37)49(47-35-51-45(33-53-47)39-23-27-43(28-24-39)55-31-7-3)57-50(42-21-17-38(18-22-42)14-12-10-6-2)48-36-52-46(34-54-48)40-25-29-44(30-26-40)56-32-8-4/h15-30,33-36,49-50H,5-14,31-32H2,1-4H3. The summed E-state index contributed by atoms with van der Waals surface area (Å²) in [7, 11) is 0. The van der Waals surface area contributed by atoms with Crippen molar-refractivity contribution in [1.82, 2.24) is 19.9 Å². The quantitative estimate of drug-likeness (QED) is 0.0637. The normalized spacial score (nSPS) is 12.3. The van der Waals surface area contributed by atoms with Crippen molar-refractivity contribution in [3.8, 4) is 34.0 Å². The molecule has 0 N–H and O–H groups in total. The molecule has 2 heterocycles. The maximum absolute atomic E-state index is 7.23. The molecular weight excluding hydrogens is 705 g/mol.